The third-order valence-electron chi connectivity index (χ3n) is 6.01. The van der Waals surface area contributed by atoms with E-state index in [0.29, 0.717) is 11.1 Å². The van der Waals surface area contributed by atoms with Crippen LogP contribution in [-0.2, 0) is 12.6 Å². The molecule has 0 radical (unpaired) electrons. The van der Waals surface area contributed by atoms with Crippen molar-refractivity contribution in [3.63, 3.8) is 0 Å². The molecule has 0 amide bonds. The number of thiol groups is 1. The summed E-state index contributed by atoms with van der Waals surface area (Å²) < 4.78 is 18.2. The monoisotopic (exact) mass is 431 g/mol. The van der Waals surface area contributed by atoms with E-state index in [2.05, 4.69) is 17.7 Å². The maximum atomic E-state index is 14.4. The molecule has 1 atom stereocenters. The minimum atomic E-state index is -1.75. The number of rotatable bonds is 4. The predicted octanol–water partition coefficient (Wildman–Crippen LogP) is 5.32. The Bertz CT molecular complexity index is 1440. The van der Waals surface area contributed by atoms with E-state index in [4.69, 9.17) is 0 Å². The summed E-state index contributed by atoms with van der Waals surface area (Å²) in [7, 11) is 1.90. The van der Waals surface area contributed by atoms with Crippen molar-refractivity contribution >= 4 is 34.4 Å². The molecule has 0 aliphatic heterocycles. The third kappa shape index (κ3) is 3.06. The molecule has 156 valence electrons. The van der Waals surface area contributed by atoms with Crippen LogP contribution in [0.1, 0.15) is 16.7 Å². The maximum absolute atomic E-state index is 14.4. The summed E-state index contributed by atoms with van der Waals surface area (Å²) in [5.41, 5.74) is 3.12. The summed E-state index contributed by atoms with van der Waals surface area (Å²) in [6.07, 6.45) is 3.55. The van der Waals surface area contributed by atoms with E-state index in [1.165, 1.54) is 0 Å². The van der Waals surface area contributed by atoms with Crippen molar-refractivity contribution in [2.24, 2.45) is 7.05 Å². The number of aromatic nitrogens is 3. The molecule has 2 heterocycles. The lowest BCUT2D eigenvalue weighted by atomic mass is 9.86. The number of benzene rings is 3. The first-order chi connectivity index (χ1) is 14.9. The summed E-state index contributed by atoms with van der Waals surface area (Å²) in [6, 6.07) is 19.1. The Labute approximate surface area is 185 Å². The molecule has 0 aliphatic rings. The zero-order valence-corrected chi connectivity index (χ0v) is 18.1. The highest BCUT2D eigenvalue weighted by Gasteiger charge is 2.35. The number of alkyl halides is 1. The van der Waals surface area contributed by atoms with Crippen LogP contribution in [0.5, 0.6) is 0 Å². The van der Waals surface area contributed by atoms with Crippen molar-refractivity contribution in [2.75, 3.05) is 6.67 Å². The lowest BCUT2D eigenvalue weighted by molar-refractivity contribution is 0.0532. The molecule has 1 N–H and O–H groups in total. The van der Waals surface area contributed by atoms with Crippen LogP contribution >= 0.6 is 12.6 Å². The number of nitrogens with zero attached hydrogens (tertiary/aromatic N) is 3. The van der Waals surface area contributed by atoms with Gasteiger partial charge in [-0.15, -0.1) is 12.6 Å². The minimum absolute atomic E-state index is 0.500. The van der Waals surface area contributed by atoms with Gasteiger partial charge in [0.2, 0.25) is 0 Å². The first-order valence-corrected chi connectivity index (χ1v) is 10.5. The van der Waals surface area contributed by atoms with Gasteiger partial charge in [0.15, 0.2) is 0 Å². The van der Waals surface area contributed by atoms with Gasteiger partial charge in [-0.1, -0.05) is 24.3 Å². The maximum Gasteiger partial charge on any atom is 0.145 e. The molecule has 0 bridgehead atoms. The van der Waals surface area contributed by atoms with Gasteiger partial charge < -0.3 is 9.67 Å². The van der Waals surface area contributed by atoms with Gasteiger partial charge in [0.1, 0.15) is 12.3 Å². The number of hydrogen-bond acceptors (Lipinski definition) is 3. The van der Waals surface area contributed by atoms with Crippen molar-refractivity contribution in [3.8, 4) is 5.69 Å². The van der Waals surface area contributed by atoms with Gasteiger partial charge >= 0.3 is 0 Å². The molecule has 5 rings (SSSR count). The number of halogens is 1. The first kappa shape index (κ1) is 19.8. The van der Waals surface area contributed by atoms with E-state index in [9.17, 15) is 9.50 Å². The van der Waals surface area contributed by atoms with Gasteiger partial charge in [0.25, 0.3) is 0 Å². The average Bonchev–Trinajstić information content (AvgIpc) is 3.36. The lowest BCUT2D eigenvalue weighted by Gasteiger charge is -2.25. The largest absolute Gasteiger partial charge is 0.378 e. The molecule has 4 nitrogen and oxygen atoms in total. The van der Waals surface area contributed by atoms with Gasteiger partial charge in [-0.05, 0) is 54.4 Å². The van der Waals surface area contributed by atoms with E-state index in [1.807, 2.05) is 77.8 Å². The zero-order valence-electron chi connectivity index (χ0n) is 17.2. The topological polar surface area (TPSA) is 43.0 Å². The fourth-order valence-corrected chi connectivity index (χ4v) is 4.38. The number of hydrogen-bond donors (Lipinski definition) is 2. The summed E-state index contributed by atoms with van der Waals surface area (Å²) in [4.78, 5) is 0.922. The third-order valence-corrected chi connectivity index (χ3v) is 6.51. The Hall–Kier alpha value is -3.09. The Morgan fingerprint density at radius 2 is 1.87 bits per heavy atom. The summed E-state index contributed by atoms with van der Waals surface area (Å²) in [5.74, 6) is 0. The molecular formula is C25H22FN3OS. The van der Waals surface area contributed by atoms with E-state index < -0.39 is 12.3 Å². The molecule has 5 aromatic rings. The molecule has 0 aliphatic carbocycles. The summed E-state index contributed by atoms with van der Waals surface area (Å²) >= 11 is 4.44. The van der Waals surface area contributed by atoms with E-state index in [-0.39, 0.29) is 0 Å². The van der Waals surface area contributed by atoms with Crippen molar-refractivity contribution < 1.29 is 9.50 Å². The molecule has 1 unspecified atom stereocenters. The van der Waals surface area contributed by atoms with Crippen molar-refractivity contribution in [1.82, 2.24) is 14.3 Å². The highest BCUT2D eigenvalue weighted by Crippen LogP contribution is 2.37. The van der Waals surface area contributed by atoms with E-state index in [0.717, 1.165) is 38.0 Å². The molecule has 31 heavy (non-hydrogen) atoms. The predicted molar refractivity (Wildman–Crippen MR) is 125 cm³/mol. The second-order valence-corrected chi connectivity index (χ2v) is 8.45. The van der Waals surface area contributed by atoms with E-state index in [1.54, 1.807) is 18.5 Å². The van der Waals surface area contributed by atoms with E-state index >= 15 is 0 Å². The number of aliphatic hydroxyl groups is 1. The summed E-state index contributed by atoms with van der Waals surface area (Å²) in [5, 5.41) is 17.7. The fourth-order valence-electron chi connectivity index (χ4n) is 4.24. The lowest BCUT2D eigenvalue weighted by Crippen LogP contribution is -2.29. The molecular weight excluding hydrogens is 409 g/mol. The molecule has 0 saturated carbocycles. The normalized spacial score (nSPS) is 13.7. The molecule has 0 spiro atoms. The Balaban J connectivity index is 1.65. The van der Waals surface area contributed by atoms with Gasteiger partial charge in [-0.25, -0.2) is 9.07 Å². The van der Waals surface area contributed by atoms with Gasteiger partial charge in [-0.2, -0.15) is 5.10 Å². The van der Waals surface area contributed by atoms with Crippen LogP contribution in [-0.4, -0.2) is 26.1 Å². The van der Waals surface area contributed by atoms with Crippen LogP contribution in [0.25, 0.3) is 27.5 Å². The van der Waals surface area contributed by atoms with Crippen LogP contribution < -0.4 is 0 Å². The highest BCUT2D eigenvalue weighted by atomic mass is 32.1. The molecule has 6 heteroatoms. The SMILES string of the molecule is Cc1cc(-n2ncc3cc(C(O)(CF)c4cn(C)c5ccccc45)ccc32)ccc1S. The zero-order chi connectivity index (χ0) is 21.8. The standard InChI is InChI=1S/C25H22FN3OS/c1-16-11-19(8-10-24(16)31)29-22-9-7-18(12-17(22)13-27-29)25(30,15-26)21-14-28(2)23-6-4-3-5-20(21)23/h3-14,30-31H,15H2,1-2H3. The number of para-hydroxylation sites is 1. The van der Waals surface area contributed by atoms with Gasteiger partial charge in [-0.3, -0.25) is 0 Å². The van der Waals surface area contributed by atoms with Gasteiger partial charge in [0.05, 0.1) is 17.4 Å². The quantitative estimate of drug-likeness (QED) is 0.378. The fraction of sp³-hybridized carbons (Fsp3) is 0.160. The molecule has 3 aromatic carbocycles. The number of aryl methyl sites for hydroxylation is 2. The van der Waals surface area contributed by atoms with Crippen LogP contribution in [0.4, 0.5) is 4.39 Å². The van der Waals surface area contributed by atoms with Gasteiger partial charge in [0, 0.05) is 40.0 Å². The molecule has 0 fully saturated rings. The Morgan fingerprint density at radius 3 is 2.65 bits per heavy atom. The first-order valence-electron chi connectivity index (χ1n) is 10.0. The second kappa shape index (κ2) is 7.25. The van der Waals surface area contributed by atoms with Crippen LogP contribution in [0.15, 0.2) is 78.0 Å². The molecule has 2 aromatic heterocycles. The minimum Gasteiger partial charge on any atom is -0.378 e. The average molecular weight is 432 g/mol. The van der Waals surface area contributed by atoms with Crippen molar-refractivity contribution in [3.05, 3.63) is 89.7 Å². The van der Waals surface area contributed by atoms with Crippen LogP contribution in [0, 0.1) is 6.92 Å². The highest BCUT2D eigenvalue weighted by molar-refractivity contribution is 7.80. The smallest absolute Gasteiger partial charge is 0.145 e. The Morgan fingerprint density at radius 1 is 1.06 bits per heavy atom. The van der Waals surface area contributed by atoms with Crippen molar-refractivity contribution in [2.45, 2.75) is 17.4 Å². The Kier molecular flexibility index (Phi) is 4.64. The summed E-state index contributed by atoms with van der Waals surface area (Å²) in [6.45, 7) is 1.07. The second-order valence-electron chi connectivity index (χ2n) is 7.97. The van der Waals surface area contributed by atoms with Crippen LogP contribution in [0.3, 0.4) is 0 Å². The van der Waals surface area contributed by atoms with Crippen LogP contribution in [0.2, 0.25) is 0 Å². The van der Waals surface area contributed by atoms with Crippen molar-refractivity contribution in [1.29, 1.82) is 0 Å². The number of fused-ring (bicyclic) bond motifs is 2. The molecule has 0 saturated heterocycles.